The molecule has 0 bridgehead atoms. The molecule has 0 amide bonds. The zero-order valence-corrected chi connectivity index (χ0v) is 11.3. The second-order valence-electron chi connectivity index (χ2n) is 4.64. The SMILES string of the molecule is CC(C)OCCCNCc1ccc(C(F)(F)F)cc1. The maximum Gasteiger partial charge on any atom is 0.416 e. The lowest BCUT2D eigenvalue weighted by Gasteiger charge is -2.09. The molecule has 0 aliphatic heterocycles. The number of benzene rings is 1. The Morgan fingerprint density at radius 2 is 1.79 bits per heavy atom. The molecule has 0 saturated heterocycles. The van der Waals surface area contributed by atoms with Gasteiger partial charge in [0.1, 0.15) is 0 Å². The van der Waals surface area contributed by atoms with Crippen molar-refractivity contribution in [2.75, 3.05) is 13.2 Å². The van der Waals surface area contributed by atoms with E-state index >= 15 is 0 Å². The van der Waals surface area contributed by atoms with Crippen molar-refractivity contribution in [1.29, 1.82) is 0 Å². The highest BCUT2D eigenvalue weighted by atomic mass is 19.4. The van der Waals surface area contributed by atoms with Gasteiger partial charge < -0.3 is 10.1 Å². The Kier molecular flexibility index (Phi) is 6.31. The van der Waals surface area contributed by atoms with Crippen LogP contribution < -0.4 is 5.32 Å². The Balaban J connectivity index is 2.23. The molecular weight excluding hydrogens is 255 g/mol. The van der Waals surface area contributed by atoms with Crippen molar-refractivity contribution < 1.29 is 17.9 Å². The van der Waals surface area contributed by atoms with Crippen molar-refractivity contribution in [3.05, 3.63) is 35.4 Å². The standard InChI is InChI=1S/C14H20F3NO/c1-11(2)19-9-3-8-18-10-12-4-6-13(7-5-12)14(15,16)17/h4-7,11,18H,3,8-10H2,1-2H3. The van der Waals surface area contributed by atoms with Crippen LogP contribution in [0.3, 0.4) is 0 Å². The third-order valence-electron chi connectivity index (χ3n) is 2.56. The van der Waals surface area contributed by atoms with E-state index in [0.717, 1.165) is 30.7 Å². The van der Waals surface area contributed by atoms with Gasteiger partial charge in [-0.05, 0) is 44.5 Å². The fourth-order valence-electron chi connectivity index (χ4n) is 1.56. The lowest BCUT2D eigenvalue weighted by Crippen LogP contribution is -2.17. The molecule has 108 valence electrons. The summed E-state index contributed by atoms with van der Waals surface area (Å²) in [6.45, 7) is 6.01. The Labute approximate surface area is 112 Å². The predicted octanol–water partition coefficient (Wildman–Crippen LogP) is 3.61. The average Bonchev–Trinajstić information content (AvgIpc) is 2.32. The van der Waals surface area contributed by atoms with Gasteiger partial charge in [-0.3, -0.25) is 0 Å². The second kappa shape index (κ2) is 7.50. The number of rotatable bonds is 7. The normalized spacial score (nSPS) is 12.1. The molecule has 1 aromatic rings. The van der Waals surface area contributed by atoms with E-state index in [1.807, 2.05) is 13.8 Å². The third kappa shape index (κ3) is 6.59. The van der Waals surface area contributed by atoms with Crippen molar-refractivity contribution in [2.24, 2.45) is 0 Å². The molecule has 1 N–H and O–H groups in total. The Bertz CT molecular complexity index is 360. The summed E-state index contributed by atoms with van der Waals surface area (Å²) >= 11 is 0. The van der Waals surface area contributed by atoms with Crippen LogP contribution in [0.15, 0.2) is 24.3 Å². The number of nitrogens with one attached hydrogen (secondary N) is 1. The topological polar surface area (TPSA) is 21.3 Å². The number of hydrogen-bond acceptors (Lipinski definition) is 2. The van der Waals surface area contributed by atoms with Crippen LogP contribution in [0.4, 0.5) is 13.2 Å². The van der Waals surface area contributed by atoms with Crippen LogP contribution in [0.5, 0.6) is 0 Å². The average molecular weight is 275 g/mol. The molecule has 0 unspecified atom stereocenters. The van der Waals surface area contributed by atoms with Gasteiger partial charge in [0.05, 0.1) is 11.7 Å². The molecule has 0 aliphatic carbocycles. The van der Waals surface area contributed by atoms with Gasteiger partial charge in [-0.25, -0.2) is 0 Å². The van der Waals surface area contributed by atoms with Crippen molar-refractivity contribution in [1.82, 2.24) is 5.32 Å². The molecule has 0 aliphatic rings. The van der Waals surface area contributed by atoms with Gasteiger partial charge in [-0.1, -0.05) is 12.1 Å². The molecule has 0 radical (unpaired) electrons. The molecule has 1 aromatic carbocycles. The summed E-state index contributed by atoms with van der Waals surface area (Å²) in [4.78, 5) is 0. The van der Waals surface area contributed by atoms with E-state index in [-0.39, 0.29) is 6.10 Å². The van der Waals surface area contributed by atoms with E-state index in [1.165, 1.54) is 12.1 Å². The second-order valence-corrected chi connectivity index (χ2v) is 4.64. The third-order valence-corrected chi connectivity index (χ3v) is 2.56. The van der Waals surface area contributed by atoms with Crippen molar-refractivity contribution in [2.45, 2.75) is 39.1 Å². The van der Waals surface area contributed by atoms with Crippen LogP contribution >= 0.6 is 0 Å². The van der Waals surface area contributed by atoms with Gasteiger partial charge in [0.2, 0.25) is 0 Å². The van der Waals surface area contributed by atoms with Crippen molar-refractivity contribution in [3.63, 3.8) is 0 Å². The summed E-state index contributed by atoms with van der Waals surface area (Å²) < 4.78 is 42.4. The minimum Gasteiger partial charge on any atom is -0.379 e. The highest BCUT2D eigenvalue weighted by molar-refractivity contribution is 5.24. The van der Waals surface area contributed by atoms with Crippen molar-refractivity contribution in [3.8, 4) is 0 Å². The number of ether oxygens (including phenoxy) is 1. The van der Waals surface area contributed by atoms with Gasteiger partial charge in [-0.2, -0.15) is 13.2 Å². The zero-order chi connectivity index (χ0) is 14.3. The van der Waals surface area contributed by atoms with Crippen LogP contribution in [0.1, 0.15) is 31.4 Å². The van der Waals surface area contributed by atoms with Gasteiger partial charge in [-0.15, -0.1) is 0 Å². The molecule has 0 heterocycles. The molecule has 0 fully saturated rings. The minimum atomic E-state index is -4.26. The Hall–Kier alpha value is -1.07. The smallest absolute Gasteiger partial charge is 0.379 e. The van der Waals surface area contributed by atoms with E-state index in [1.54, 1.807) is 0 Å². The molecule has 2 nitrogen and oxygen atoms in total. The van der Waals surface area contributed by atoms with E-state index in [9.17, 15) is 13.2 Å². The molecular formula is C14H20F3NO. The molecule has 1 rings (SSSR count). The Morgan fingerprint density at radius 3 is 2.32 bits per heavy atom. The largest absolute Gasteiger partial charge is 0.416 e. The Morgan fingerprint density at radius 1 is 1.16 bits per heavy atom. The van der Waals surface area contributed by atoms with Crippen LogP contribution in [-0.4, -0.2) is 19.3 Å². The van der Waals surface area contributed by atoms with Gasteiger partial charge >= 0.3 is 6.18 Å². The summed E-state index contributed by atoms with van der Waals surface area (Å²) in [6.07, 6.45) is -3.14. The molecule has 0 aromatic heterocycles. The van der Waals surface area contributed by atoms with Crippen LogP contribution in [0.2, 0.25) is 0 Å². The van der Waals surface area contributed by atoms with Gasteiger partial charge in [0.15, 0.2) is 0 Å². The molecule has 0 spiro atoms. The summed E-state index contributed by atoms with van der Waals surface area (Å²) in [6, 6.07) is 5.22. The lowest BCUT2D eigenvalue weighted by atomic mass is 10.1. The van der Waals surface area contributed by atoms with E-state index in [0.29, 0.717) is 13.2 Å². The van der Waals surface area contributed by atoms with Gasteiger partial charge in [0.25, 0.3) is 0 Å². The molecule has 0 atom stereocenters. The summed E-state index contributed by atoms with van der Waals surface area (Å²) in [5, 5.41) is 3.17. The first-order valence-corrected chi connectivity index (χ1v) is 6.38. The predicted molar refractivity (Wildman–Crippen MR) is 68.9 cm³/mol. The van der Waals surface area contributed by atoms with Crippen LogP contribution in [-0.2, 0) is 17.5 Å². The fourth-order valence-corrected chi connectivity index (χ4v) is 1.56. The first-order chi connectivity index (χ1) is 8.89. The molecule has 19 heavy (non-hydrogen) atoms. The highest BCUT2D eigenvalue weighted by Gasteiger charge is 2.29. The molecule has 0 saturated carbocycles. The van der Waals surface area contributed by atoms with Crippen LogP contribution in [0.25, 0.3) is 0 Å². The van der Waals surface area contributed by atoms with E-state index < -0.39 is 11.7 Å². The minimum absolute atomic E-state index is 0.231. The lowest BCUT2D eigenvalue weighted by molar-refractivity contribution is -0.137. The maximum absolute atomic E-state index is 12.3. The number of alkyl halides is 3. The maximum atomic E-state index is 12.3. The van der Waals surface area contributed by atoms with Gasteiger partial charge in [0, 0.05) is 13.2 Å². The summed E-state index contributed by atoms with van der Waals surface area (Å²) in [5.41, 5.74) is 0.236. The van der Waals surface area contributed by atoms with Crippen molar-refractivity contribution >= 4 is 0 Å². The quantitative estimate of drug-likeness (QED) is 0.768. The zero-order valence-electron chi connectivity index (χ0n) is 11.3. The number of halogens is 3. The van der Waals surface area contributed by atoms with E-state index in [2.05, 4.69) is 5.32 Å². The summed E-state index contributed by atoms with van der Waals surface area (Å²) in [7, 11) is 0. The fraction of sp³-hybridized carbons (Fsp3) is 0.571. The summed E-state index contributed by atoms with van der Waals surface area (Å²) in [5.74, 6) is 0. The molecule has 5 heteroatoms. The first kappa shape index (κ1) is 16.0. The number of hydrogen-bond donors (Lipinski definition) is 1. The monoisotopic (exact) mass is 275 g/mol. The van der Waals surface area contributed by atoms with E-state index in [4.69, 9.17) is 4.74 Å². The van der Waals surface area contributed by atoms with Crippen LogP contribution in [0, 0.1) is 0 Å². The first-order valence-electron chi connectivity index (χ1n) is 6.38. The highest BCUT2D eigenvalue weighted by Crippen LogP contribution is 2.28.